The maximum absolute atomic E-state index is 11.4. The quantitative estimate of drug-likeness (QED) is 0.792. The maximum Gasteiger partial charge on any atom is 0.320 e. The molecule has 3 heteroatoms. The smallest absolute Gasteiger partial charge is 0.320 e. The van der Waals surface area contributed by atoms with E-state index in [0.717, 1.165) is 12.3 Å². The zero-order valence-corrected chi connectivity index (χ0v) is 12.1. The predicted octanol–water partition coefficient (Wildman–Crippen LogP) is 4.08. The molecule has 1 N–H and O–H groups in total. The summed E-state index contributed by atoms with van der Waals surface area (Å²) in [7, 11) is 0. The molecular weight excluding hydrogens is 268 g/mol. The Morgan fingerprint density at radius 2 is 2.12 bits per heavy atom. The lowest BCUT2D eigenvalue weighted by Crippen LogP contribution is -2.40. The summed E-state index contributed by atoms with van der Waals surface area (Å²) in [6, 6.07) is 0. The number of hydrogen-bond donors (Lipinski definition) is 1. The lowest BCUT2D eigenvalue weighted by molar-refractivity contribution is -0.141. The lowest BCUT2D eigenvalue weighted by atomic mass is 9.76. The van der Waals surface area contributed by atoms with Gasteiger partial charge in [-0.2, -0.15) is 0 Å². The van der Waals surface area contributed by atoms with Crippen molar-refractivity contribution in [2.75, 3.05) is 0 Å². The molecule has 3 unspecified atom stereocenters. The molecule has 1 fully saturated rings. The van der Waals surface area contributed by atoms with Crippen LogP contribution in [0.2, 0.25) is 0 Å². The topological polar surface area (TPSA) is 37.3 Å². The second kappa shape index (κ2) is 5.52. The van der Waals surface area contributed by atoms with Crippen molar-refractivity contribution in [2.24, 2.45) is 17.8 Å². The summed E-state index contributed by atoms with van der Waals surface area (Å²) in [6.45, 7) is 6.24. The molecule has 0 aliphatic heterocycles. The molecule has 1 saturated carbocycles. The third-order valence-corrected chi connectivity index (χ3v) is 5.48. The van der Waals surface area contributed by atoms with Crippen LogP contribution in [0.3, 0.4) is 0 Å². The highest BCUT2D eigenvalue weighted by atomic mass is 79.9. The van der Waals surface area contributed by atoms with Gasteiger partial charge in [0, 0.05) is 0 Å². The Balaban J connectivity index is 2.65. The molecule has 1 rings (SSSR count). The SMILES string of the molecule is CC1CCCC(CC(Br)(C(=O)O)C(C)C)C1. The molecule has 0 spiro atoms. The fourth-order valence-corrected chi connectivity index (χ4v) is 3.19. The number of rotatable bonds is 4. The van der Waals surface area contributed by atoms with Gasteiger partial charge in [-0.05, 0) is 30.6 Å². The summed E-state index contributed by atoms with van der Waals surface area (Å²) < 4.78 is -0.727. The van der Waals surface area contributed by atoms with E-state index in [2.05, 4.69) is 22.9 Å². The molecule has 1 aliphatic rings. The van der Waals surface area contributed by atoms with Gasteiger partial charge in [-0.1, -0.05) is 56.0 Å². The van der Waals surface area contributed by atoms with E-state index in [9.17, 15) is 9.90 Å². The van der Waals surface area contributed by atoms with Gasteiger partial charge in [-0.3, -0.25) is 4.79 Å². The van der Waals surface area contributed by atoms with Crippen LogP contribution in [0.4, 0.5) is 0 Å². The van der Waals surface area contributed by atoms with Gasteiger partial charge in [-0.15, -0.1) is 0 Å². The molecule has 2 nitrogen and oxygen atoms in total. The first kappa shape index (κ1) is 14.0. The first-order valence-corrected chi connectivity index (χ1v) is 7.08. The van der Waals surface area contributed by atoms with Crippen LogP contribution in [0.25, 0.3) is 0 Å². The number of halogens is 1. The third kappa shape index (κ3) is 3.22. The number of hydrogen-bond acceptors (Lipinski definition) is 1. The van der Waals surface area contributed by atoms with Gasteiger partial charge in [0.05, 0.1) is 0 Å². The van der Waals surface area contributed by atoms with Gasteiger partial charge < -0.3 is 5.11 Å². The fraction of sp³-hybridized carbons (Fsp3) is 0.923. The monoisotopic (exact) mass is 290 g/mol. The van der Waals surface area contributed by atoms with Gasteiger partial charge in [-0.25, -0.2) is 0 Å². The third-order valence-electron chi connectivity index (χ3n) is 3.90. The molecule has 0 amide bonds. The van der Waals surface area contributed by atoms with Crippen LogP contribution >= 0.6 is 15.9 Å². The van der Waals surface area contributed by atoms with Crippen LogP contribution in [0.5, 0.6) is 0 Å². The van der Waals surface area contributed by atoms with Crippen LogP contribution in [0.1, 0.15) is 52.9 Å². The standard InChI is InChI=1S/C13H23BrO2/c1-9(2)13(14,12(15)16)8-11-6-4-5-10(3)7-11/h9-11H,4-8H2,1-3H3,(H,15,16). The number of carboxylic acid groups (broad SMARTS) is 1. The molecule has 0 bridgehead atoms. The Morgan fingerprint density at radius 1 is 1.50 bits per heavy atom. The highest BCUT2D eigenvalue weighted by Crippen LogP contribution is 2.40. The molecule has 0 aromatic heterocycles. The van der Waals surface area contributed by atoms with Crippen LogP contribution < -0.4 is 0 Å². The zero-order valence-electron chi connectivity index (χ0n) is 10.5. The van der Waals surface area contributed by atoms with Gasteiger partial charge in [0.15, 0.2) is 0 Å². The van der Waals surface area contributed by atoms with Crippen molar-refractivity contribution in [2.45, 2.75) is 57.2 Å². The van der Waals surface area contributed by atoms with E-state index in [1.54, 1.807) is 0 Å². The summed E-state index contributed by atoms with van der Waals surface area (Å²) in [6.07, 6.45) is 5.71. The van der Waals surface area contributed by atoms with E-state index in [1.165, 1.54) is 25.7 Å². The largest absolute Gasteiger partial charge is 0.480 e. The lowest BCUT2D eigenvalue weighted by Gasteiger charge is -2.34. The number of alkyl halides is 1. The van der Waals surface area contributed by atoms with Crippen LogP contribution in [-0.2, 0) is 4.79 Å². The highest BCUT2D eigenvalue weighted by molar-refractivity contribution is 9.10. The fourth-order valence-electron chi connectivity index (χ4n) is 2.74. The molecule has 3 atom stereocenters. The maximum atomic E-state index is 11.4. The van der Waals surface area contributed by atoms with Crippen LogP contribution in [0, 0.1) is 17.8 Å². The number of carbonyl (C=O) groups is 1. The van der Waals surface area contributed by atoms with Crippen molar-refractivity contribution >= 4 is 21.9 Å². The van der Waals surface area contributed by atoms with Crippen molar-refractivity contribution in [3.8, 4) is 0 Å². The van der Waals surface area contributed by atoms with Crippen molar-refractivity contribution in [3.63, 3.8) is 0 Å². The van der Waals surface area contributed by atoms with Crippen molar-refractivity contribution in [1.29, 1.82) is 0 Å². The second-order valence-corrected chi connectivity index (χ2v) is 7.08. The van der Waals surface area contributed by atoms with Gasteiger partial charge in [0.1, 0.15) is 4.32 Å². The average molecular weight is 291 g/mol. The van der Waals surface area contributed by atoms with Crippen molar-refractivity contribution in [1.82, 2.24) is 0 Å². The van der Waals surface area contributed by atoms with E-state index in [4.69, 9.17) is 0 Å². The molecule has 94 valence electrons. The van der Waals surface area contributed by atoms with Crippen LogP contribution in [0.15, 0.2) is 0 Å². The minimum Gasteiger partial charge on any atom is -0.480 e. The molecule has 0 aromatic rings. The van der Waals surface area contributed by atoms with E-state index >= 15 is 0 Å². The normalized spacial score (nSPS) is 30.1. The Labute approximate surface area is 107 Å². The first-order chi connectivity index (χ1) is 7.36. The van der Waals surface area contributed by atoms with E-state index in [-0.39, 0.29) is 5.92 Å². The highest BCUT2D eigenvalue weighted by Gasteiger charge is 2.41. The molecule has 0 radical (unpaired) electrons. The molecule has 0 heterocycles. The molecule has 0 saturated heterocycles. The summed E-state index contributed by atoms with van der Waals surface area (Å²) in [5.74, 6) is 0.751. The van der Waals surface area contributed by atoms with E-state index in [1.807, 2.05) is 13.8 Å². The van der Waals surface area contributed by atoms with Gasteiger partial charge in [0.2, 0.25) is 0 Å². The summed E-state index contributed by atoms with van der Waals surface area (Å²) >= 11 is 3.47. The van der Waals surface area contributed by atoms with E-state index < -0.39 is 10.3 Å². The summed E-state index contributed by atoms with van der Waals surface area (Å²) in [4.78, 5) is 11.4. The van der Waals surface area contributed by atoms with Crippen molar-refractivity contribution in [3.05, 3.63) is 0 Å². The molecule has 0 aromatic carbocycles. The Hall–Kier alpha value is -0.0500. The summed E-state index contributed by atoms with van der Waals surface area (Å²) in [5.41, 5.74) is 0. The minimum absolute atomic E-state index is 0.127. The predicted molar refractivity (Wildman–Crippen MR) is 69.9 cm³/mol. The molecule has 16 heavy (non-hydrogen) atoms. The Bertz CT molecular complexity index is 252. The molecule has 1 aliphatic carbocycles. The van der Waals surface area contributed by atoms with Gasteiger partial charge >= 0.3 is 5.97 Å². The zero-order chi connectivity index (χ0) is 12.3. The number of carboxylic acids is 1. The van der Waals surface area contributed by atoms with E-state index in [0.29, 0.717) is 5.92 Å². The Kier molecular flexibility index (Phi) is 4.84. The van der Waals surface area contributed by atoms with Gasteiger partial charge in [0.25, 0.3) is 0 Å². The van der Waals surface area contributed by atoms with Crippen LogP contribution in [-0.4, -0.2) is 15.4 Å². The summed E-state index contributed by atoms with van der Waals surface area (Å²) in [5, 5.41) is 9.35. The van der Waals surface area contributed by atoms with Crippen molar-refractivity contribution < 1.29 is 9.90 Å². The number of aliphatic carboxylic acids is 1. The average Bonchev–Trinajstić information content (AvgIpc) is 2.16. The first-order valence-electron chi connectivity index (χ1n) is 6.28. The minimum atomic E-state index is -0.727. The Morgan fingerprint density at radius 3 is 2.56 bits per heavy atom. The second-order valence-electron chi connectivity index (χ2n) is 5.66. The molecular formula is C13H23BrO2.